The van der Waals surface area contributed by atoms with Crippen LogP contribution in [0.5, 0.6) is 5.75 Å². The lowest BCUT2D eigenvalue weighted by atomic mass is 9.94. The first-order valence-corrected chi connectivity index (χ1v) is 14.5. The standard InChI is InChI=1S/C32H33ClN6O5/c1-32(2,3)44-25-15-20(24(40)16-26(34)41)8-11-23(25)30-37-28(19-6-9-22(33)10-7-19)29(21-5-4-12-35-17-21)39(30)31(43)38-14-13-36-27(42)18-38/h4-12,15,17,28-29H,13-14,16,18H2,1-3H3,(H2,34,41)(H,36,42). The minimum Gasteiger partial charge on any atom is -0.487 e. The van der Waals surface area contributed by atoms with Crippen LogP contribution in [0, 0.1) is 0 Å². The number of Topliss-reactive ketones (excluding diaryl/α,β-unsaturated/α-hetero) is 1. The summed E-state index contributed by atoms with van der Waals surface area (Å²) in [6, 6.07) is 14.0. The summed E-state index contributed by atoms with van der Waals surface area (Å²) in [5.74, 6) is -0.880. The molecule has 2 aliphatic rings. The Bertz CT molecular complexity index is 1620. The van der Waals surface area contributed by atoms with E-state index in [0.717, 1.165) is 11.1 Å². The summed E-state index contributed by atoms with van der Waals surface area (Å²) in [6.07, 6.45) is 2.88. The quantitative estimate of drug-likeness (QED) is 0.302. The fourth-order valence-corrected chi connectivity index (χ4v) is 5.38. The van der Waals surface area contributed by atoms with Crippen molar-refractivity contribution in [3.63, 3.8) is 0 Å². The van der Waals surface area contributed by atoms with E-state index in [1.807, 2.05) is 39.0 Å². The van der Waals surface area contributed by atoms with Gasteiger partial charge in [0.15, 0.2) is 5.78 Å². The zero-order chi connectivity index (χ0) is 31.6. The smallest absolute Gasteiger partial charge is 0.326 e. The van der Waals surface area contributed by atoms with Crippen LogP contribution < -0.4 is 15.8 Å². The third-order valence-corrected chi connectivity index (χ3v) is 7.37. The van der Waals surface area contributed by atoms with Crippen molar-refractivity contribution in [1.29, 1.82) is 0 Å². The van der Waals surface area contributed by atoms with Crippen LogP contribution in [0.1, 0.15) is 66.3 Å². The summed E-state index contributed by atoms with van der Waals surface area (Å²) < 4.78 is 6.33. The molecule has 3 aromatic rings. The number of amidine groups is 1. The number of aliphatic imine (C=N–C) groups is 1. The van der Waals surface area contributed by atoms with Crippen LogP contribution in [0.15, 0.2) is 72.0 Å². The van der Waals surface area contributed by atoms with E-state index in [2.05, 4.69) is 10.3 Å². The number of halogens is 1. The van der Waals surface area contributed by atoms with Gasteiger partial charge in [0.1, 0.15) is 29.8 Å². The van der Waals surface area contributed by atoms with E-state index in [0.29, 0.717) is 35.3 Å². The lowest BCUT2D eigenvalue weighted by Gasteiger charge is -2.36. The van der Waals surface area contributed by atoms with Crippen LogP contribution in [-0.2, 0) is 9.59 Å². The first-order chi connectivity index (χ1) is 20.9. The van der Waals surface area contributed by atoms with Gasteiger partial charge in [0.2, 0.25) is 11.8 Å². The van der Waals surface area contributed by atoms with E-state index < -0.39 is 41.8 Å². The molecule has 0 radical (unpaired) electrons. The summed E-state index contributed by atoms with van der Waals surface area (Å²) in [6.45, 7) is 6.09. The molecule has 0 spiro atoms. The van der Waals surface area contributed by atoms with E-state index >= 15 is 0 Å². The number of aromatic nitrogens is 1. The van der Waals surface area contributed by atoms with Gasteiger partial charge in [-0.3, -0.25) is 29.3 Å². The van der Waals surface area contributed by atoms with Crippen LogP contribution >= 0.6 is 11.6 Å². The van der Waals surface area contributed by atoms with Crippen molar-refractivity contribution in [3.8, 4) is 5.75 Å². The van der Waals surface area contributed by atoms with Gasteiger partial charge >= 0.3 is 6.03 Å². The molecule has 3 heterocycles. The Morgan fingerprint density at radius 1 is 1.09 bits per heavy atom. The molecule has 11 nitrogen and oxygen atoms in total. The lowest BCUT2D eigenvalue weighted by Crippen LogP contribution is -2.55. The number of ether oxygens (including phenoxy) is 1. The highest BCUT2D eigenvalue weighted by Crippen LogP contribution is 2.45. The number of hydrogen-bond donors (Lipinski definition) is 2. The van der Waals surface area contributed by atoms with Crippen LogP contribution in [0.2, 0.25) is 5.02 Å². The molecular weight excluding hydrogens is 584 g/mol. The average molecular weight is 617 g/mol. The van der Waals surface area contributed by atoms with E-state index in [-0.39, 0.29) is 18.0 Å². The van der Waals surface area contributed by atoms with Crippen molar-refractivity contribution in [2.24, 2.45) is 10.7 Å². The molecule has 2 aromatic carbocycles. The molecule has 12 heteroatoms. The second-order valence-electron chi connectivity index (χ2n) is 11.6. The van der Waals surface area contributed by atoms with Gasteiger partial charge in [0.05, 0.1) is 18.0 Å². The number of nitrogens with zero attached hydrogens (tertiary/aromatic N) is 4. The van der Waals surface area contributed by atoms with Gasteiger partial charge in [-0.05, 0) is 62.2 Å². The summed E-state index contributed by atoms with van der Waals surface area (Å²) in [5, 5.41) is 3.31. The number of hydrogen-bond acceptors (Lipinski definition) is 7. The molecule has 0 aliphatic carbocycles. The molecule has 1 fully saturated rings. The molecule has 44 heavy (non-hydrogen) atoms. The number of piperazine rings is 1. The Morgan fingerprint density at radius 2 is 1.84 bits per heavy atom. The van der Waals surface area contributed by atoms with E-state index in [1.54, 1.807) is 53.7 Å². The third kappa shape index (κ3) is 6.73. The number of ketones is 1. The van der Waals surface area contributed by atoms with Crippen molar-refractivity contribution in [3.05, 3.63) is 94.3 Å². The first kappa shape index (κ1) is 30.7. The number of nitrogens with two attached hydrogens (primary N) is 1. The monoisotopic (exact) mass is 616 g/mol. The maximum Gasteiger partial charge on any atom is 0.326 e. The maximum absolute atomic E-state index is 14.4. The Kier molecular flexibility index (Phi) is 8.68. The second-order valence-corrected chi connectivity index (χ2v) is 12.0. The van der Waals surface area contributed by atoms with Crippen molar-refractivity contribution in [2.75, 3.05) is 19.6 Å². The molecule has 1 aromatic heterocycles. The molecule has 0 bridgehead atoms. The first-order valence-electron chi connectivity index (χ1n) is 14.1. The Balaban J connectivity index is 1.71. The molecule has 2 aliphatic heterocycles. The maximum atomic E-state index is 14.4. The lowest BCUT2D eigenvalue weighted by molar-refractivity contribution is -0.123. The molecule has 5 rings (SSSR count). The van der Waals surface area contributed by atoms with Gasteiger partial charge in [-0.15, -0.1) is 0 Å². The van der Waals surface area contributed by atoms with Crippen LogP contribution in [-0.4, -0.2) is 69.5 Å². The van der Waals surface area contributed by atoms with Gasteiger partial charge in [-0.1, -0.05) is 35.9 Å². The van der Waals surface area contributed by atoms with Crippen LogP contribution in [0.3, 0.4) is 0 Å². The van der Waals surface area contributed by atoms with Gasteiger partial charge in [0, 0.05) is 36.1 Å². The number of pyridine rings is 1. The van der Waals surface area contributed by atoms with Crippen LogP contribution in [0.25, 0.3) is 0 Å². The van der Waals surface area contributed by atoms with E-state index in [4.69, 9.17) is 27.1 Å². The summed E-state index contributed by atoms with van der Waals surface area (Å²) in [7, 11) is 0. The Hall–Kier alpha value is -4.77. The number of nitrogens with one attached hydrogen (secondary N) is 1. The van der Waals surface area contributed by atoms with Crippen molar-refractivity contribution >= 4 is 41.1 Å². The van der Waals surface area contributed by atoms with Gasteiger partial charge in [-0.2, -0.15) is 0 Å². The molecule has 0 saturated carbocycles. The molecule has 228 valence electrons. The number of primary amides is 1. The zero-order valence-corrected chi connectivity index (χ0v) is 25.4. The van der Waals surface area contributed by atoms with Crippen molar-refractivity contribution in [2.45, 2.75) is 44.9 Å². The number of benzene rings is 2. The van der Waals surface area contributed by atoms with Crippen molar-refractivity contribution in [1.82, 2.24) is 20.1 Å². The number of rotatable bonds is 7. The highest BCUT2D eigenvalue weighted by atomic mass is 35.5. The Labute approximate surface area is 260 Å². The minimum absolute atomic E-state index is 0.111. The normalized spacial score (nSPS) is 18.5. The molecule has 1 saturated heterocycles. The molecule has 2 unspecified atom stereocenters. The van der Waals surface area contributed by atoms with Crippen LogP contribution in [0.4, 0.5) is 4.79 Å². The molecule has 4 amide bonds. The van der Waals surface area contributed by atoms with Crippen molar-refractivity contribution < 1.29 is 23.9 Å². The summed E-state index contributed by atoms with van der Waals surface area (Å²) >= 11 is 6.22. The zero-order valence-electron chi connectivity index (χ0n) is 24.6. The summed E-state index contributed by atoms with van der Waals surface area (Å²) in [5.41, 5.74) is 6.80. The predicted octanol–water partition coefficient (Wildman–Crippen LogP) is 4.07. The fraction of sp³-hybridized carbons (Fsp3) is 0.312. The van der Waals surface area contributed by atoms with E-state index in [9.17, 15) is 19.2 Å². The number of urea groups is 1. The second kappa shape index (κ2) is 12.5. The summed E-state index contributed by atoms with van der Waals surface area (Å²) in [4.78, 5) is 63.6. The highest BCUT2D eigenvalue weighted by Gasteiger charge is 2.45. The number of carbonyl (C=O) groups is 4. The Morgan fingerprint density at radius 3 is 2.48 bits per heavy atom. The minimum atomic E-state index is -0.745. The number of amides is 4. The van der Waals surface area contributed by atoms with Gasteiger partial charge in [-0.25, -0.2) is 4.79 Å². The predicted molar refractivity (Wildman–Crippen MR) is 164 cm³/mol. The molecule has 3 N–H and O–H groups in total. The number of carbonyl (C=O) groups excluding carboxylic acids is 4. The largest absolute Gasteiger partial charge is 0.487 e. The average Bonchev–Trinajstić information content (AvgIpc) is 3.36. The van der Waals surface area contributed by atoms with Gasteiger partial charge < -0.3 is 20.7 Å². The SMILES string of the molecule is CC(C)(C)Oc1cc(C(=O)CC(N)=O)ccc1C1=NC(c2ccc(Cl)cc2)C(c2cccnc2)N1C(=O)N1CCNC(=O)C1. The molecular formula is C32H33ClN6O5. The fourth-order valence-electron chi connectivity index (χ4n) is 5.25. The van der Waals surface area contributed by atoms with Gasteiger partial charge in [0.25, 0.3) is 0 Å². The topological polar surface area (TPSA) is 147 Å². The molecule has 2 atom stereocenters. The van der Waals surface area contributed by atoms with E-state index in [1.165, 1.54) is 4.90 Å². The highest BCUT2D eigenvalue weighted by molar-refractivity contribution is 6.30. The third-order valence-electron chi connectivity index (χ3n) is 7.11.